The number of nitrogens with one attached hydrogen (secondary N) is 2. The number of anilines is 1. The van der Waals surface area contributed by atoms with Gasteiger partial charge in [0.1, 0.15) is 5.69 Å². The summed E-state index contributed by atoms with van der Waals surface area (Å²) in [5.74, 6) is -1.34. The molecule has 0 fully saturated rings. The highest BCUT2D eigenvalue weighted by molar-refractivity contribution is 7.14. The molecule has 1 amide bonds. The molecule has 68 valence electrons. The van der Waals surface area contributed by atoms with Gasteiger partial charge in [-0.3, -0.25) is 10.2 Å². The molecule has 1 heterocycles. The third kappa shape index (κ3) is 2.09. The second-order valence-corrected chi connectivity index (χ2v) is 2.84. The van der Waals surface area contributed by atoms with Crippen molar-refractivity contribution in [2.45, 2.75) is 0 Å². The number of thiazole rings is 1. The maximum Gasteiger partial charge on any atom is 0.356 e. The van der Waals surface area contributed by atoms with Gasteiger partial charge in [-0.25, -0.2) is 9.78 Å². The lowest BCUT2D eigenvalue weighted by Crippen LogP contribution is -2.13. The molecule has 0 bridgehead atoms. The van der Waals surface area contributed by atoms with E-state index in [9.17, 15) is 9.59 Å². The molecule has 1 aromatic heterocycles. The minimum atomic E-state index is -1.34. The first-order valence-electron chi connectivity index (χ1n) is 3.13. The van der Waals surface area contributed by atoms with Crippen molar-refractivity contribution >= 4 is 34.6 Å². The molecule has 6 nitrogen and oxygen atoms in total. The average Bonchev–Trinajstić information content (AvgIpc) is 2.52. The lowest BCUT2D eigenvalue weighted by molar-refractivity contribution is -0.129. The molecular formula is C6H5N3O3S. The summed E-state index contributed by atoms with van der Waals surface area (Å²) in [6.07, 6.45) is 0.437. The van der Waals surface area contributed by atoms with Crippen LogP contribution in [-0.4, -0.2) is 28.2 Å². The monoisotopic (exact) mass is 199 g/mol. The van der Waals surface area contributed by atoms with E-state index in [1.54, 1.807) is 0 Å². The summed E-state index contributed by atoms with van der Waals surface area (Å²) in [7, 11) is 0. The fourth-order valence-corrected chi connectivity index (χ4v) is 1.28. The Labute approximate surface area is 76.7 Å². The van der Waals surface area contributed by atoms with Crippen molar-refractivity contribution in [3.8, 4) is 0 Å². The lowest BCUT2D eigenvalue weighted by atomic mass is 10.3. The molecule has 0 atom stereocenters. The highest BCUT2D eigenvalue weighted by Crippen LogP contribution is 2.14. The van der Waals surface area contributed by atoms with Crippen molar-refractivity contribution in [2.75, 3.05) is 5.32 Å². The summed E-state index contributed by atoms with van der Waals surface area (Å²) in [6.45, 7) is 0. The quantitative estimate of drug-likeness (QED) is 0.474. The Hall–Kier alpha value is -1.76. The van der Waals surface area contributed by atoms with Crippen LogP contribution in [0.3, 0.4) is 0 Å². The standard InChI is InChI=1S/C6H5N3O3S/c7-4(5(11)12)3-1-13-6(9-3)8-2-10/h1-2,7H,(H,11,12)(H,8,9,10). The van der Waals surface area contributed by atoms with Crippen molar-refractivity contribution in [2.24, 2.45) is 0 Å². The van der Waals surface area contributed by atoms with Gasteiger partial charge in [-0.1, -0.05) is 0 Å². The number of amides is 1. The summed E-state index contributed by atoms with van der Waals surface area (Å²) in [5.41, 5.74) is -0.544. The van der Waals surface area contributed by atoms with Crippen molar-refractivity contribution < 1.29 is 14.7 Å². The van der Waals surface area contributed by atoms with Crippen LogP contribution < -0.4 is 5.32 Å². The van der Waals surface area contributed by atoms with Crippen LogP contribution in [0.1, 0.15) is 5.69 Å². The Kier molecular flexibility index (Phi) is 2.70. The normalized spacial score (nSPS) is 9.23. The van der Waals surface area contributed by atoms with E-state index in [1.165, 1.54) is 5.38 Å². The molecule has 0 saturated carbocycles. The SMILES string of the molecule is N=C(C(=O)O)c1csc(NC=O)n1. The Bertz CT molecular complexity index is 360. The summed E-state index contributed by atoms with van der Waals surface area (Å²) in [6, 6.07) is 0. The van der Waals surface area contributed by atoms with E-state index in [4.69, 9.17) is 10.5 Å². The number of hydrogen-bond donors (Lipinski definition) is 3. The van der Waals surface area contributed by atoms with E-state index in [0.29, 0.717) is 6.41 Å². The first-order chi connectivity index (χ1) is 6.15. The van der Waals surface area contributed by atoms with E-state index >= 15 is 0 Å². The van der Waals surface area contributed by atoms with E-state index in [-0.39, 0.29) is 10.8 Å². The Morgan fingerprint density at radius 3 is 3.00 bits per heavy atom. The molecule has 0 unspecified atom stereocenters. The number of carboxylic acid groups (broad SMARTS) is 1. The molecule has 0 saturated heterocycles. The Morgan fingerprint density at radius 2 is 2.46 bits per heavy atom. The summed E-state index contributed by atoms with van der Waals surface area (Å²) < 4.78 is 0. The van der Waals surface area contributed by atoms with Crippen LogP contribution in [0.2, 0.25) is 0 Å². The topological polar surface area (TPSA) is 103 Å². The predicted molar refractivity (Wildman–Crippen MR) is 46.3 cm³/mol. The molecular weight excluding hydrogens is 194 g/mol. The van der Waals surface area contributed by atoms with Gasteiger partial charge in [-0.05, 0) is 0 Å². The third-order valence-corrected chi connectivity index (χ3v) is 1.93. The van der Waals surface area contributed by atoms with E-state index in [1.807, 2.05) is 0 Å². The molecule has 0 radical (unpaired) electrons. The second kappa shape index (κ2) is 3.76. The van der Waals surface area contributed by atoms with Crippen LogP contribution in [0.15, 0.2) is 5.38 Å². The van der Waals surface area contributed by atoms with Crippen molar-refractivity contribution in [1.82, 2.24) is 4.98 Å². The largest absolute Gasteiger partial charge is 0.476 e. The average molecular weight is 199 g/mol. The molecule has 0 aromatic carbocycles. The van der Waals surface area contributed by atoms with Gasteiger partial charge in [0, 0.05) is 5.38 Å². The molecule has 1 rings (SSSR count). The number of carboxylic acids is 1. The summed E-state index contributed by atoms with van der Waals surface area (Å²) in [4.78, 5) is 24.0. The first-order valence-corrected chi connectivity index (χ1v) is 4.01. The maximum atomic E-state index is 10.3. The zero-order chi connectivity index (χ0) is 9.84. The highest BCUT2D eigenvalue weighted by Gasteiger charge is 2.13. The number of rotatable bonds is 4. The van der Waals surface area contributed by atoms with Crippen molar-refractivity contribution in [1.29, 1.82) is 5.41 Å². The van der Waals surface area contributed by atoms with Crippen molar-refractivity contribution in [3.05, 3.63) is 11.1 Å². The maximum absolute atomic E-state index is 10.3. The van der Waals surface area contributed by atoms with E-state index < -0.39 is 11.7 Å². The molecule has 0 aliphatic rings. The van der Waals surface area contributed by atoms with Crippen LogP contribution in [0, 0.1) is 5.41 Å². The number of aliphatic carboxylic acids is 1. The summed E-state index contributed by atoms with van der Waals surface area (Å²) >= 11 is 1.06. The number of carbonyl (C=O) groups is 2. The van der Waals surface area contributed by atoms with Gasteiger partial charge < -0.3 is 10.4 Å². The van der Waals surface area contributed by atoms with Gasteiger partial charge >= 0.3 is 5.97 Å². The number of hydrogen-bond acceptors (Lipinski definition) is 5. The minimum absolute atomic E-state index is 0.0434. The first kappa shape index (κ1) is 9.33. The molecule has 13 heavy (non-hydrogen) atoms. The van der Waals surface area contributed by atoms with E-state index in [0.717, 1.165) is 11.3 Å². The van der Waals surface area contributed by atoms with Crippen LogP contribution in [-0.2, 0) is 9.59 Å². The van der Waals surface area contributed by atoms with Gasteiger partial charge in [-0.2, -0.15) is 0 Å². The number of carbonyl (C=O) groups excluding carboxylic acids is 1. The fraction of sp³-hybridized carbons (Fsp3) is 0. The van der Waals surface area contributed by atoms with E-state index in [2.05, 4.69) is 10.3 Å². The van der Waals surface area contributed by atoms with Gasteiger partial charge in [-0.15, -0.1) is 11.3 Å². The van der Waals surface area contributed by atoms with Gasteiger partial charge in [0.15, 0.2) is 10.8 Å². The molecule has 3 N–H and O–H groups in total. The molecule has 0 aliphatic heterocycles. The molecule has 7 heteroatoms. The zero-order valence-electron chi connectivity index (χ0n) is 6.27. The van der Waals surface area contributed by atoms with Crippen LogP contribution in [0.5, 0.6) is 0 Å². The third-order valence-electron chi connectivity index (χ3n) is 1.16. The minimum Gasteiger partial charge on any atom is -0.476 e. The molecule has 0 aliphatic carbocycles. The zero-order valence-corrected chi connectivity index (χ0v) is 7.09. The van der Waals surface area contributed by atoms with Crippen LogP contribution >= 0.6 is 11.3 Å². The lowest BCUT2D eigenvalue weighted by Gasteiger charge is -1.90. The highest BCUT2D eigenvalue weighted by atomic mass is 32.1. The van der Waals surface area contributed by atoms with Gasteiger partial charge in [0.25, 0.3) is 0 Å². The van der Waals surface area contributed by atoms with Gasteiger partial charge in [0.05, 0.1) is 0 Å². The van der Waals surface area contributed by atoms with Crippen LogP contribution in [0.25, 0.3) is 0 Å². The molecule has 0 spiro atoms. The number of nitrogens with zero attached hydrogens (tertiary/aromatic N) is 1. The van der Waals surface area contributed by atoms with Gasteiger partial charge in [0.2, 0.25) is 6.41 Å². The smallest absolute Gasteiger partial charge is 0.356 e. The fourth-order valence-electron chi connectivity index (χ4n) is 0.615. The Morgan fingerprint density at radius 1 is 1.77 bits per heavy atom. The Balaban J connectivity index is 2.85. The van der Waals surface area contributed by atoms with Crippen molar-refractivity contribution in [3.63, 3.8) is 0 Å². The molecule has 1 aromatic rings. The number of aromatic nitrogens is 1. The predicted octanol–water partition coefficient (Wildman–Crippen LogP) is 0.164. The second-order valence-electron chi connectivity index (χ2n) is 1.98. The van der Waals surface area contributed by atoms with Crippen LogP contribution in [0.4, 0.5) is 5.13 Å². The summed E-state index contributed by atoms with van der Waals surface area (Å²) in [5, 5.41) is 19.4.